The first kappa shape index (κ1) is 18.2. The third kappa shape index (κ3) is 3.98. The fraction of sp³-hybridized carbons (Fsp3) is 0.650. The summed E-state index contributed by atoms with van der Waals surface area (Å²) < 4.78 is 10.5. The van der Waals surface area contributed by atoms with E-state index in [1.807, 2.05) is 18.2 Å². The van der Waals surface area contributed by atoms with Crippen LogP contribution in [-0.4, -0.2) is 57.3 Å². The van der Waals surface area contributed by atoms with Gasteiger partial charge in [-0.1, -0.05) is 25.0 Å². The van der Waals surface area contributed by atoms with Gasteiger partial charge in [0, 0.05) is 32.8 Å². The molecule has 1 heterocycles. The fourth-order valence-corrected chi connectivity index (χ4v) is 4.24. The molecule has 1 aromatic carbocycles. The molecule has 1 N–H and O–H groups in total. The van der Waals surface area contributed by atoms with Crippen LogP contribution in [0, 0.1) is 0 Å². The van der Waals surface area contributed by atoms with E-state index in [0.717, 1.165) is 69.7 Å². The zero-order valence-electron chi connectivity index (χ0n) is 15.4. The largest absolute Gasteiger partial charge is 0.497 e. The number of likely N-dealkylation sites (tertiary alicyclic amines) is 1. The lowest BCUT2D eigenvalue weighted by atomic mass is 9.77. The minimum absolute atomic E-state index is 0.192. The van der Waals surface area contributed by atoms with Crippen molar-refractivity contribution in [2.45, 2.75) is 43.6 Å². The molecule has 0 bridgehead atoms. The maximum atomic E-state index is 13.2. The number of hydrogen-bond acceptors (Lipinski definition) is 4. The molecule has 1 saturated carbocycles. The van der Waals surface area contributed by atoms with Gasteiger partial charge in [0.05, 0.1) is 19.1 Å². The van der Waals surface area contributed by atoms with Gasteiger partial charge in [0.15, 0.2) is 0 Å². The van der Waals surface area contributed by atoms with Crippen LogP contribution in [0.25, 0.3) is 0 Å². The van der Waals surface area contributed by atoms with E-state index in [9.17, 15) is 4.79 Å². The Morgan fingerprint density at radius 1 is 1.32 bits per heavy atom. The second-order valence-corrected chi connectivity index (χ2v) is 7.27. The Morgan fingerprint density at radius 2 is 2.12 bits per heavy atom. The SMILES string of the molecule is COCCN1CC[C@H](NC(=O)C2(c3cccc(OC)c3)CCCC2)C1. The van der Waals surface area contributed by atoms with E-state index in [1.165, 1.54) is 0 Å². The average Bonchev–Trinajstić information content (AvgIpc) is 3.30. The Morgan fingerprint density at radius 3 is 2.84 bits per heavy atom. The lowest BCUT2D eigenvalue weighted by Crippen LogP contribution is -2.47. The third-order valence-corrected chi connectivity index (χ3v) is 5.73. The Labute approximate surface area is 150 Å². The molecular weight excluding hydrogens is 316 g/mol. The van der Waals surface area contributed by atoms with Crippen molar-refractivity contribution >= 4 is 5.91 Å². The van der Waals surface area contributed by atoms with Crippen LogP contribution >= 0.6 is 0 Å². The van der Waals surface area contributed by atoms with Gasteiger partial charge in [-0.25, -0.2) is 0 Å². The number of methoxy groups -OCH3 is 2. The second-order valence-electron chi connectivity index (χ2n) is 7.27. The number of ether oxygens (including phenoxy) is 2. The molecule has 1 aliphatic carbocycles. The molecule has 3 rings (SSSR count). The summed E-state index contributed by atoms with van der Waals surface area (Å²) in [6.45, 7) is 3.63. The van der Waals surface area contributed by atoms with E-state index in [4.69, 9.17) is 9.47 Å². The summed E-state index contributed by atoms with van der Waals surface area (Å²) in [6.07, 6.45) is 5.08. The predicted octanol–water partition coefficient (Wildman–Crippen LogP) is 2.34. The first-order valence-corrected chi connectivity index (χ1v) is 9.35. The van der Waals surface area contributed by atoms with Crippen LogP contribution in [0.3, 0.4) is 0 Å². The van der Waals surface area contributed by atoms with Crippen LogP contribution in [0.5, 0.6) is 5.75 Å². The van der Waals surface area contributed by atoms with Crippen LogP contribution < -0.4 is 10.1 Å². The van der Waals surface area contributed by atoms with Gasteiger partial charge in [0.1, 0.15) is 5.75 Å². The normalized spacial score (nSPS) is 22.9. The van der Waals surface area contributed by atoms with Crippen molar-refractivity contribution in [3.63, 3.8) is 0 Å². The standard InChI is InChI=1S/C20H30N2O3/c1-24-13-12-22-11-8-17(15-22)21-19(23)20(9-3-4-10-20)16-6-5-7-18(14-16)25-2/h5-7,14,17H,3-4,8-13,15H2,1-2H3,(H,21,23)/t17-/m0/s1. The van der Waals surface area contributed by atoms with Gasteiger partial charge >= 0.3 is 0 Å². The van der Waals surface area contributed by atoms with E-state index in [1.54, 1.807) is 14.2 Å². The highest BCUT2D eigenvalue weighted by molar-refractivity contribution is 5.89. The molecule has 1 amide bonds. The molecule has 0 radical (unpaired) electrons. The average molecular weight is 346 g/mol. The van der Waals surface area contributed by atoms with Crippen molar-refractivity contribution in [3.05, 3.63) is 29.8 Å². The highest BCUT2D eigenvalue weighted by Crippen LogP contribution is 2.42. The molecule has 0 unspecified atom stereocenters. The van der Waals surface area contributed by atoms with Gasteiger partial charge in [0.25, 0.3) is 0 Å². The number of carbonyl (C=O) groups excluding carboxylic acids is 1. The summed E-state index contributed by atoms with van der Waals surface area (Å²) in [6, 6.07) is 8.28. The number of nitrogens with zero attached hydrogens (tertiary/aromatic N) is 1. The summed E-state index contributed by atoms with van der Waals surface area (Å²) in [5.74, 6) is 1.01. The van der Waals surface area contributed by atoms with Crippen molar-refractivity contribution in [3.8, 4) is 5.75 Å². The molecule has 0 spiro atoms. The Balaban J connectivity index is 1.69. The van der Waals surface area contributed by atoms with Crippen molar-refractivity contribution in [2.24, 2.45) is 0 Å². The molecule has 138 valence electrons. The molecule has 2 aliphatic rings. The molecule has 2 fully saturated rings. The van der Waals surface area contributed by atoms with Gasteiger partial charge < -0.3 is 14.8 Å². The van der Waals surface area contributed by atoms with E-state index >= 15 is 0 Å². The third-order valence-electron chi connectivity index (χ3n) is 5.73. The number of hydrogen-bond donors (Lipinski definition) is 1. The van der Waals surface area contributed by atoms with Gasteiger partial charge in [-0.05, 0) is 37.0 Å². The van der Waals surface area contributed by atoms with Crippen LogP contribution in [-0.2, 0) is 14.9 Å². The van der Waals surface area contributed by atoms with Gasteiger partial charge in [-0.3, -0.25) is 9.69 Å². The molecular formula is C20H30N2O3. The summed E-state index contributed by atoms with van der Waals surface area (Å²) >= 11 is 0. The van der Waals surface area contributed by atoms with E-state index in [2.05, 4.69) is 16.3 Å². The smallest absolute Gasteiger partial charge is 0.230 e. The van der Waals surface area contributed by atoms with Crippen LogP contribution in [0.1, 0.15) is 37.7 Å². The molecule has 1 saturated heterocycles. The quantitative estimate of drug-likeness (QED) is 0.823. The molecule has 0 aromatic heterocycles. The Kier molecular flexibility index (Phi) is 5.97. The zero-order chi connectivity index (χ0) is 17.7. The van der Waals surface area contributed by atoms with Crippen molar-refractivity contribution in [1.82, 2.24) is 10.2 Å². The Hall–Kier alpha value is -1.59. The lowest BCUT2D eigenvalue weighted by Gasteiger charge is -2.30. The maximum absolute atomic E-state index is 13.2. The van der Waals surface area contributed by atoms with E-state index in [0.29, 0.717) is 0 Å². The minimum atomic E-state index is -0.394. The molecule has 5 nitrogen and oxygen atoms in total. The minimum Gasteiger partial charge on any atom is -0.497 e. The summed E-state index contributed by atoms with van der Waals surface area (Å²) in [7, 11) is 3.40. The van der Waals surface area contributed by atoms with E-state index < -0.39 is 5.41 Å². The first-order chi connectivity index (χ1) is 12.2. The number of carbonyl (C=O) groups is 1. The van der Waals surface area contributed by atoms with Crippen molar-refractivity contribution in [1.29, 1.82) is 0 Å². The van der Waals surface area contributed by atoms with Crippen LogP contribution in [0.2, 0.25) is 0 Å². The maximum Gasteiger partial charge on any atom is 0.230 e. The summed E-state index contributed by atoms with van der Waals surface area (Å²) in [5, 5.41) is 3.34. The number of amides is 1. The van der Waals surface area contributed by atoms with Gasteiger partial charge in [0.2, 0.25) is 5.91 Å². The van der Waals surface area contributed by atoms with Crippen molar-refractivity contribution in [2.75, 3.05) is 40.5 Å². The summed E-state index contributed by atoms with van der Waals surface area (Å²) in [4.78, 5) is 15.6. The highest BCUT2D eigenvalue weighted by atomic mass is 16.5. The van der Waals surface area contributed by atoms with Crippen LogP contribution in [0.4, 0.5) is 0 Å². The second kappa shape index (κ2) is 8.19. The number of rotatable bonds is 7. The monoisotopic (exact) mass is 346 g/mol. The molecule has 5 heteroatoms. The molecule has 1 atom stereocenters. The zero-order valence-corrected chi connectivity index (χ0v) is 15.4. The lowest BCUT2D eigenvalue weighted by molar-refractivity contribution is -0.127. The van der Waals surface area contributed by atoms with Gasteiger partial charge in [-0.2, -0.15) is 0 Å². The highest BCUT2D eigenvalue weighted by Gasteiger charge is 2.43. The molecule has 1 aliphatic heterocycles. The van der Waals surface area contributed by atoms with Gasteiger partial charge in [-0.15, -0.1) is 0 Å². The summed E-state index contributed by atoms with van der Waals surface area (Å²) in [5.41, 5.74) is 0.699. The van der Waals surface area contributed by atoms with E-state index in [-0.39, 0.29) is 11.9 Å². The van der Waals surface area contributed by atoms with Crippen LogP contribution in [0.15, 0.2) is 24.3 Å². The topological polar surface area (TPSA) is 50.8 Å². The number of benzene rings is 1. The first-order valence-electron chi connectivity index (χ1n) is 9.35. The predicted molar refractivity (Wildman–Crippen MR) is 98.0 cm³/mol. The Bertz CT molecular complexity index is 584. The fourth-order valence-electron chi connectivity index (χ4n) is 4.24. The van der Waals surface area contributed by atoms with Crippen molar-refractivity contribution < 1.29 is 14.3 Å². The molecule has 25 heavy (non-hydrogen) atoms. The molecule has 1 aromatic rings. The number of nitrogens with one attached hydrogen (secondary N) is 1.